The summed E-state index contributed by atoms with van der Waals surface area (Å²) in [7, 11) is 0. The first-order valence-corrected chi connectivity index (χ1v) is 6.75. The maximum atomic E-state index is 2.53. The van der Waals surface area contributed by atoms with Gasteiger partial charge in [-0.2, -0.15) is 0 Å². The van der Waals surface area contributed by atoms with Gasteiger partial charge in [0.1, 0.15) is 0 Å². The van der Waals surface area contributed by atoms with Gasteiger partial charge in [0.25, 0.3) is 0 Å². The fourth-order valence-electron chi connectivity index (χ4n) is 6.26. The van der Waals surface area contributed by atoms with Crippen LogP contribution in [0.1, 0.15) is 39.5 Å². The van der Waals surface area contributed by atoms with E-state index in [2.05, 4.69) is 13.8 Å². The highest BCUT2D eigenvalue weighted by Gasteiger charge is 2.62. The van der Waals surface area contributed by atoms with Crippen molar-refractivity contribution in [1.82, 2.24) is 0 Å². The second-order valence-corrected chi connectivity index (χ2v) is 6.90. The van der Waals surface area contributed by atoms with Crippen LogP contribution in [-0.2, 0) is 0 Å². The molecular formula is C14H22. The van der Waals surface area contributed by atoms with Crippen molar-refractivity contribution >= 4 is 0 Å². The van der Waals surface area contributed by atoms with Gasteiger partial charge in [0.2, 0.25) is 0 Å². The van der Waals surface area contributed by atoms with E-state index in [1.54, 1.807) is 25.7 Å². The summed E-state index contributed by atoms with van der Waals surface area (Å²) in [5.74, 6) is 9.20. The third kappa shape index (κ3) is 0.750. The molecule has 4 aliphatic rings. The fraction of sp³-hybridized carbons (Fsp3) is 1.00. The minimum atomic E-state index is 1.08. The van der Waals surface area contributed by atoms with Crippen LogP contribution in [-0.4, -0.2) is 0 Å². The minimum Gasteiger partial charge on any atom is -0.0622 e. The van der Waals surface area contributed by atoms with Gasteiger partial charge in [-0.3, -0.25) is 0 Å². The molecule has 6 unspecified atom stereocenters. The van der Waals surface area contributed by atoms with Crippen LogP contribution >= 0.6 is 0 Å². The molecule has 0 spiro atoms. The zero-order valence-corrected chi connectivity index (χ0v) is 9.45. The lowest BCUT2D eigenvalue weighted by atomic mass is 9.65. The summed E-state index contributed by atoms with van der Waals surface area (Å²) in [6.07, 6.45) is 6.42. The van der Waals surface area contributed by atoms with Crippen molar-refractivity contribution in [3.63, 3.8) is 0 Å². The van der Waals surface area contributed by atoms with Crippen molar-refractivity contribution in [2.75, 3.05) is 0 Å². The average molecular weight is 190 g/mol. The van der Waals surface area contributed by atoms with Gasteiger partial charge >= 0.3 is 0 Å². The smallest absolute Gasteiger partial charge is 0.0318 e. The van der Waals surface area contributed by atoms with E-state index >= 15 is 0 Å². The molecule has 0 aromatic heterocycles. The normalized spacial score (nSPS) is 69.0. The first-order valence-electron chi connectivity index (χ1n) is 6.75. The second-order valence-electron chi connectivity index (χ2n) is 6.90. The largest absolute Gasteiger partial charge is 0.0622 e. The summed E-state index contributed by atoms with van der Waals surface area (Å²) >= 11 is 0. The molecule has 0 saturated heterocycles. The molecule has 0 aromatic carbocycles. The van der Waals surface area contributed by atoms with Crippen LogP contribution in [0.4, 0.5) is 0 Å². The highest BCUT2D eigenvalue weighted by atomic mass is 14.7. The van der Waals surface area contributed by atoms with E-state index in [4.69, 9.17) is 0 Å². The van der Waals surface area contributed by atoms with E-state index in [1.165, 1.54) is 23.7 Å². The van der Waals surface area contributed by atoms with Crippen LogP contribution in [0, 0.1) is 47.3 Å². The Labute approximate surface area is 87.5 Å². The molecule has 0 heteroatoms. The number of hydrogen-bond acceptors (Lipinski definition) is 0. The summed E-state index contributed by atoms with van der Waals surface area (Å²) in [5.41, 5.74) is 0. The second kappa shape index (κ2) is 2.39. The van der Waals surface area contributed by atoms with E-state index < -0.39 is 0 Å². The quantitative estimate of drug-likeness (QED) is 0.512. The SMILES string of the molecule is CC1CC2CC1C1C3CC(CC3C)C21. The molecule has 0 amide bonds. The van der Waals surface area contributed by atoms with Crippen molar-refractivity contribution in [3.8, 4) is 0 Å². The lowest BCUT2D eigenvalue weighted by Gasteiger charge is -2.40. The Morgan fingerprint density at radius 2 is 1.14 bits per heavy atom. The molecule has 6 atom stereocenters. The van der Waals surface area contributed by atoms with Gasteiger partial charge < -0.3 is 0 Å². The Hall–Kier alpha value is 0. The summed E-state index contributed by atoms with van der Waals surface area (Å²) in [6, 6.07) is 0. The molecule has 0 nitrogen and oxygen atoms in total. The van der Waals surface area contributed by atoms with Crippen LogP contribution in [0.3, 0.4) is 0 Å². The Kier molecular flexibility index (Phi) is 1.40. The van der Waals surface area contributed by atoms with Crippen LogP contribution in [0.2, 0.25) is 0 Å². The number of fused-ring (bicyclic) bond motifs is 9. The Morgan fingerprint density at radius 3 is 1.64 bits per heavy atom. The van der Waals surface area contributed by atoms with Crippen LogP contribution in [0.25, 0.3) is 0 Å². The van der Waals surface area contributed by atoms with Gasteiger partial charge in [0.15, 0.2) is 0 Å². The first kappa shape index (κ1) is 8.19. The van der Waals surface area contributed by atoms with Gasteiger partial charge in [-0.15, -0.1) is 0 Å². The monoisotopic (exact) mass is 190 g/mol. The Morgan fingerprint density at radius 1 is 0.643 bits per heavy atom. The minimum absolute atomic E-state index is 1.08. The number of rotatable bonds is 0. The molecule has 4 fully saturated rings. The van der Waals surface area contributed by atoms with Crippen LogP contribution in [0.15, 0.2) is 0 Å². The van der Waals surface area contributed by atoms with E-state index in [1.807, 2.05) is 0 Å². The first-order chi connectivity index (χ1) is 6.75. The molecular weight excluding hydrogens is 168 g/mol. The molecule has 0 radical (unpaired) electrons. The van der Waals surface area contributed by atoms with Gasteiger partial charge in [-0.25, -0.2) is 0 Å². The van der Waals surface area contributed by atoms with E-state index in [9.17, 15) is 0 Å². The molecule has 78 valence electrons. The zero-order chi connectivity index (χ0) is 9.45. The predicted molar refractivity (Wildman–Crippen MR) is 57.7 cm³/mol. The van der Waals surface area contributed by atoms with Gasteiger partial charge in [0.05, 0.1) is 0 Å². The molecule has 0 N–H and O–H groups in total. The van der Waals surface area contributed by atoms with Gasteiger partial charge in [0, 0.05) is 0 Å². The maximum absolute atomic E-state index is 2.53. The summed E-state index contributed by atoms with van der Waals surface area (Å²) in [4.78, 5) is 0. The molecule has 0 aromatic rings. The lowest BCUT2D eigenvalue weighted by Crippen LogP contribution is -2.34. The molecule has 4 bridgehead atoms. The van der Waals surface area contributed by atoms with Crippen LogP contribution in [0.5, 0.6) is 0 Å². The summed E-state index contributed by atoms with van der Waals surface area (Å²) in [5, 5.41) is 0. The molecule has 4 aliphatic carbocycles. The number of hydrogen-bond donors (Lipinski definition) is 0. The summed E-state index contributed by atoms with van der Waals surface area (Å²) < 4.78 is 0. The van der Waals surface area contributed by atoms with Crippen molar-refractivity contribution in [3.05, 3.63) is 0 Å². The van der Waals surface area contributed by atoms with Gasteiger partial charge in [-0.1, -0.05) is 13.8 Å². The fourth-order valence-corrected chi connectivity index (χ4v) is 6.26. The zero-order valence-electron chi connectivity index (χ0n) is 9.45. The highest BCUT2D eigenvalue weighted by Crippen LogP contribution is 2.69. The third-order valence-electron chi connectivity index (χ3n) is 6.48. The van der Waals surface area contributed by atoms with Crippen molar-refractivity contribution < 1.29 is 0 Å². The van der Waals surface area contributed by atoms with E-state index in [-0.39, 0.29) is 0 Å². The maximum Gasteiger partial charge on any atom is -0.0318 e. The standard InChI is InChI=1S/C14H22/c1-7-3-9-5-11(7)14-12-6-10(13(9)14)4-8(12)2/h7-14H,3-6H2,1-2H3. The highest BCUT2D eigenvalue weighted by molar-refractivity contribution is 5.11. The summed E-state index contributed by atoms with van der Waals surface area (Å²) in [6.45, 7) is 5.05. The molecule has 4 rings (SSSR count). The molecule has 0 aliphatic heterocycles. The molecule has 0 heterocycles. The van der Waals surface area contributed by atoms with Crippen molar-refractivity contribution in [1.29, 1.82) is 0 Å². The van der Waals surface area contributed by atoms with Crippen molar-refractivity contribution in [2.45, 2.75) is 39.5 Å². The third-order valence-corrected chi connectivity index (χ3v) is 6.48. The Balaban J connectivity index is 1.73. The van der Waals surface area contributed by atoms with E-state index in [0.717, 1.165) is 23.7 Å². The average Bonchev–Trinajstić information content (AvgIpc) is 2.77. The Bertz CT molecular complexity index is 243. The van der Waals surface area contributed by atoms with Crippen LogP contribution < -0.4 is 0 Å². The predicted octanol–water partition coefficient (Wildman–Crippen LogP) is 3.57. The topological polar surface area (TPSA) is 0 Å². The van der Waals surface area contributed by atoms with Gasteiger partial charge in [-0.05, 0) is 73.0 Å². The van der Waals surface area contributed by atoms with E-state index in [0.29, 0.717) is 0 Å². The lowest BCUT2D eigenvalue weighted by molar-refractivity contribution is 0.0842. The molecule has 4 saturated carbocycles. The molecule has 14 heavy (non-hydrogen) atoms. The van der Waals surface area contributed by atoms with Crippen molar-refractivity contribution in [2.24, 2.45) is 47.3 Å².